The first-order chi connectivity index (χ1) is 8.21. The highest BCUT2D eigenvalue weighted by molar-refractivity contribution is 5.87. The van der Waals surface area contributed by atoms with Crippen molar-refractivity contribution in [2.75, 3.05) is 14.2 Å². The Morgan fingerprint density at radius 3 is 2.18 bits per heavy atom. The molecule has 0 amide bonds. The molecular weight excluding hydrogens is 220 g/mol. The summed E-state index contributed by atoms with van der Waals surface area (Å²) in [4.78, 5) is 10.9. The van der Waals surface area contributed by atoms with Gasteiger partial charge in [0.2, 0.25) is 0 Å². The molecule has 2 rings (SSSR count). The van der Waals surface area contributed by atoms with Gasteiger partial charge in [-0.2, -0.15) is 0 Å². The summed E-state index contributed by atoms with van der Waals surface area (Å²) in [5.41, 5.74) is 0.843. The number of methoxy groups -OCH3 is 2. The lowest BCUT2D eigenvalue weighted by molar-refractivity contribution is -0.132. The lowest BCUT2D eigenvalue weighted by atomic mass is 10.1. The highest BCUT2D eigenvalue weighted by Crippen LogP contribution is 2.25. The first-order valence-corrected chi connectivity index (χ1v) is 5.06. The number of carbonyl (C=O) groups excluding carboxylic acids is 1. The molecular formula is C13H12O4. The molecule has 0 fully saturated rings. The van der Waals surface area contributed by atoms with Crippen molar-refractivity contribution in [2.24, 2.45) is 0 Å². The Hall–Kier alpha value is -2.23. The van der Waals surface area contributed by atoms with Gasteiger partial charge in [-0.25, -0.2) is 4.79 Å². The molecule has 1 aromatic carbocycles. The molecule has 4 heteroatoms. The van der Waals surface area contributed by atoms with Gasteiger partial charge in [-0.15, -0.1) is 0 Å². The molecule has 0 aromatic heterocycles. The molecule has 0 atom stereocenters. The lowest BCUT2D eigenvalue weighted by Gasteiger charge is -2.06. The number of hydrogen-bond donors (Lipinski definition) is 0. The van der Waals surface area contributed by atoms with Crippen molar-refractivity contribution >= 4 is 12.0 Å². The van der Waals surface area contributed by atoms with Crippen LogP contribution in [0.3, 0.4) is 0 Å². The van der Waals surface area contributed by atoms with Gasteiger partial charge in [0.15, 0.2) is 0 Å². The van der Waals surface area contributed by atoms with Crippen LogP contribution < -0.4 is 9.47 Å². The minimum atomic E-state index is -0.355. The molecule has 0 unspecified atom stereocenters. The standard InChI is InChI=1S/C13H12O4/c1-15-11-6-9(7-12(8-11)16-2)5-10-3-4-13(14)17-10/h3-8H,1-2H3/b10-5+. The summed E-state index contributed by atoms with van der Waals surface area (Å²) in [5, 5.41) is 0. The van der Waals surface area contributed by atoms with Crippen molar-refractivity contribution in [1.29, 1.82) is 0 Å². The largest absolute Gasteiger partial charge is 0.497 e. The van der Waals surface area contributed by atoms with Crippen molar-refractivity contribution in [3.05, 3.63) is 41.7 Å². The average molecular weight is 232 g/mol. The monoisotopic (exact) mass is 232 g/mol. The van der Waals surface area contributed by atoms with Gasteiger partial charge in [0.1, 0.15) is 17.3 Å². The molecule has 0 N–H and O–H groups in total. The number of cyclic esters (lactones) is 1. The van der Waals surface area contributed by atoms with E-state index in [4.69, 9.17) is 14.2 Å². The zero-order valence-electron chi connectivity index (χ0n) is 9.60. The van der Waals surface area contributed by atoms with Gasteiger partial charge in [-0.05, 0) is 29.8 Å². The van der Waals surface area contributed by atoms with Gasteiger partial charge in [-0.1, -0.05) is 0 Å². The smallest absolute Gasteiger partial charge is 0.336 e. The van der Waals surface area contributed by atoms with Crippen LogP contribution in [0, 0.1) is 0 Å². The molecule has 1 aromatic rings. The topological polar surface area (TPSA) is 44.8 Å². The van der Waals surface area contributed by atoms with Crippen LogP contribution in [0.15, 0.2) is 36.1 Å². The Bertz CT molecular complexity index is 478. The highest BCUT2D eigenvalue weighted by atomic mass is 16.5. The van der Waals surface area contributed by atoms with Crippen LogP contribution in [0.5, 0.6) is 11.5 Å². The average Bonchev–Trinajstić information content (AvgIpc) is 2.74. The van der Waals surface area contributed by atoms with E-state index >= 15 is 0 Å². The third-order valence-electron chi connectivity index (χ3n) is 2.28. The van der Waals surface area contributed by atoms with Crippen molar-refractivity contribution in [2.45, 2.75) is 0 Å². The van der Waals surface area contributed by atoms with Gasteiger partial charge in [-0.3, -0.25) is 0 Å². The molecule has 0 saturated carbocycles. The molecule has 0 bridgehead atoms. The van der Waals surface area contributed by atoms with E-state index < -0.39 is 0 Å². The van der Waals surface area contributed by atoms with E-state index in [1.54, 1.807) is 32.4 Å². The number of benzene rings is 1. The Balaban J connectivity index is 2.32. The summed E-state index contributed by atoms with van der Waals surface area (Å²) < 4.78 is 15.2. The van der Waals surface area contributed by atoms with Gasteiger partial charge in [0, 0.05) is 12.1 Å². The maximum atomic E-state index is 10.9. The fraction of sp³-hybridized carbons (Fsp3) is 0.154. The maximum Gasteiger partial charge on any atom is 0.336 e. The molecule has 1 heterocycles. The predicted molar refractivity (Wildman–Crippen MR) is 62.8 cm³/mol. The van der Waals surface area contributed by atoms with Crippen molar-refractivity contribution < 1.29 is 19.0 Å². The normalized spacial score (nSPS) is 16.1. The number of carbonyl (C=O) groups is 1. The number of ether oxygens (including phenoxy) is 3. The predicted octanol–water partition coefficient (Wildman–Crippen LogP) is 2.16. The molecule has 1 aliphatic heterocycles. The second-order valence-corrected chi connectivity index (χ2v) is 3.45. The summed E-state index contributed by atoms with van der Waals surface area (Å²) in [6.45, 7) is 0. The minimum absolute atomic E-state index is 0.355. The number of rotatable bonds is 3. The van der Waals surface area contributed by atoms with Crippen molar-refractivity contribution in [3.8, 4) is 11.5 Å². The molecule has 4 nitrogen and oxygen atoms in total. The summed E-state index contributed by atoms with van der Waals surface area (Å²) >= 11 is 0. The third-order valence-corrected chi connectivity index (χ3v) is 2.28. The van der Waals surface area contributed by atoms with Gasteiger partial charge >= 0.3 is 5.97 Å². The molecule has 0 spiro atoms. The van der Waals surface area contributed by atoms with E-state index in [9.17, 15) is 4.79 Å². The van der Waals surface area contributed by atoms with E-state index in [2.05, 4.69) is 0 Å². The SMILES string of the molecule is COc1cc(/C=C2\C=CC(=O)O2)cc(OC)c1. The Kier molecular flexibility index (Phi) is 3.14. The van der Waals surface area contributed by atoms with Crippen LogP contribution in [0.25, 0.3) is 6.08 Å². The Morgan fingerprint density at radius 1 is 1.06 bits per heavy atom. The van der Waals surface area contributed by atoms with Crippen LogP contribution in [-0.2, 0) is 9.53 Å². The van der Waals surface area contributed by atoms with E-state index in [0.717, 1.165) is 5.56 Å². The second kappa shape index (κ2) is 4.74. The van der Waals surface area contributed by atoms with Crippen molar-refractivity contribution in [1.82, 2.24) is 0 Å². The summed E-state index contributed by atoms with van der Waals surface area (Å²) in [6.07, 6.45) is 4.74. The lowest BCUT2D eigenvalue weighted by Crippen LogP contribution is -1.91. The summed E-state index contributed by atoms with van der Waals surface area (Å²) in [6, 6.07) is 5.43. The van der Waals surface area contributed by atoms with Crippen LogP contribution >= 0.6 is 0 Å². The highest BCUT2D eigenvalue weighted by Gasteiger charge is 2.09. The summed E-state index contributed by atoms with van der Waals surface area (Å²) in [7, 11) is 3.17. The zero-order chi connectivity index (χ0) is 12.3. The molecule has 17 heavy (non-hydrogen) atoms. The second-order valence-electron chi connectivity index (χ2n) is 3.45. The third kappa shape index (κ3) is 2.66. The Labute approximate surface area is 99.1 Å². The first kappa shape index (κ1) is 11.3. The minimum Gasteiger partial charge on any atom is -0.497 e. The van der Waals surface area contributed by atoms with Gasteiger partial charge < -0.3 is 14.2 Å². The first-order valence-electron chi connectivity index (χ1n) is 5.06. The summed E-state index contributed by atoms with van der Waals surface area (Å²) in [5.74, 6) is 1.52. The molecule has 1 aliphatic rings. The van der Waals surface area contributed by atoms with Gasteiger partial charge in [0.25, 0.3) is 0 Å². The fourth-order valence-corrected chi connectivity index (χ4v) is 1.49. The molecule has 88 valence electrons. The fourth-order valence-electron chi connectivity index (χ4n) is 1.49. The van der Waals surface area contributed by atoms with E-state index in [-0.39, 0.29) is 5.97 Å². The van der Waals surface area contributed by atoms with E-state index in [0.29, 0.717) is 17.3 Å². The molecule has 0 saturated heterocycles. The van der Waals surface area contributed by atoms with Crippen molar-refractivity contribution in [3.63, 3.8) is 0 Å². The number of allylic oxidation sites excluding steroid dienone is 1. The Morgan fingerprint density at radius 2 is 1.71 bits per heavy atom. The number of hydrogen-bond acceptors (Lipinski definition) is 4. The zero-order valence-corrected chi connectivity index (χ0v) is 9.60. The van der Waals surface area contributed by atoms with Crippen LogP contribution in [-0.4, -0.2) is 20.2 Å². The van der Waals surface area contributed by atoms with E-state index in [1.807, 2.05) is 12.1 Å². The van der Waals surface area contributed by atoms with Gasteiger partial charge in [0.05, 0.1) is 14.2 Å². The van der Waals surface area contributed by atoms with E-state index in [1.165, 1.54) is 6.08 Å². The molecule has 0 radical (unpaired) electrons. The molecule has 0 aliphatic carbocycles. The number of esters is 1. The maximum absolute atomic E-state index is 10.9. The van der Waals surface area contributed by atoms with Crippen LogP contribution in [0.1, 0.15) is 5.56 Å². The van der Waals surface area contributed by atoms with Crippen LogP contribution in [0.4, 0.5) is 0 Å². The quantitative estimate of drug-likeness (QED) is 0.749. The van der Waals surface area contributed by atoms with Crippen LogP contribution in [0.2, 0.25) is 0 Å².